The highest BCUT2D eigenvalue weighted by atomic mass is 16.5. The molecule has 5 nitrogen and oxygen atoms in total. The van der Waals surface area contributed by atoms with Crippen molar-refractivity contribution in [2.75, 3.05) is 11.9 Å². The molecule has 0 fully saturated rings. The molecule has 1 amide bonds. The standard InChI is InChI=1S/C19H19N3O2/c1-11-7-8-22-12(2)18(20-17(22)9-11)14-5-6-16-15(10-14)21(4)19(23)13(3)24-16/h5-10,13H,1-4H3. The van der Waals surface area contributed by atoms with Crippen LogP contribution in [-0.4, -0.2) is 28.4 Å². The van der Waals surface area contributed by atoms with E-state index in [0.29, 0.717) is 0 Å². The van der Waals surface area contributed by atoms with E-state index in [4.69, 9.17) is 9.72 Å². The number of nitrogens with zero attached hydrogens (tertiary/aromatic N) is 3. The lowest BCUT2D eigenvalue weighted by Gasteiger charge is -2.30. The number of anilines is 1. The second-order valence-corrected chi connectivity index (χ2v) is 6.32. The van der Waals surface area contributed by atoms with Gasteiger partial charge in [-0.1, -0.05) is 0 Å². The molecule has 0 saturated carbocycles. The number of pyridine rings is 1. The molecular weight excluding hydrogens is 302 g/mol. The molecule has 1 aliphatic heterocycles. The SMILES string of the molecule is Cc1ccn2c(C)c(-c3ccc4c(c3)N(C)C(=O)C(C)O4)nc2c1. The Morgan fingerprint density at radius 2 is 1.96 bits per heavy atom. The van der Waals surface area contributed by atoms with Crippen LogP contribution in [0.25, 0.3) is 16.9 Å². The van der Waals surface area contributed by atoms with Crippen molar-refractivity contribution in [3.05, 3.63) is 47.8 Å². The molecule has 1 aromatic carbocycles. The molecule has 0 saturated heterocycles. The minimum atomic E-state index is -0.451. The Bertz CT molecular complexity index is 974. The molecular formula is C19H19N3O2. The highest BCUT2D eigenvalue weighted by molar-refractivity contribution is 6.00. The second-order valence-electron chi connectivity index (χ2n) is 6.32. The topological polar surface area (TPSA) is 46.8 Å². The summed E-state index contributed by atoms with van der Waals surface area (Å²) in [7, 11) is 1.78. The van der Waals surface area contributed by atoms with E-state index >= 15 is 0 Å². The number of amides is 1. The number of likely N-dealkylation sites (N-methyl/N-ethyl adjacent to an activating group) is 1. The molecule has 5 heteroatoms. The van der Waals surface area contributed by atoms with E-state index in [1.54, 1.807) is 18.9 Å². The first-order chi connectivity index (χ1) is 11.5. The van der Waals surface area contributed by atoms with Crippen LogP contribution in [0.15, 0.2) is 36.5 Å². The van der Waals surface area contributed by atoms with E-state index < -0.39 is 6.10 Å². The van der Waals surface area contributed by atoms with Crippen molar-refractivity contribution in [3.63, 3.8) is 0 Å². The maximum atomic E-state index is 12.2. The van der Waals surface area contributed by atoms with Gasteiger partial charge in [-0.05, 0) is 56.7 Å². The third-order valence-corrected chi connectivity index (χ3v) is 4.60. The zero-order chi connectivity index (χ0) is 17.0. The lowest BCUT2D eigenvalue weighted by molar-refractivity contribution is -0.125. The van der Waals surface area contributed by atoms with Gasteiger partial charge in [-0.3, -0.25) is 4.79 Å². The van der Waals surface area contributed by atoms with Gasteiger partial charge in [-0.25, -0.2) is 4.98 Å². The maximum absolute atomic E-state index is 12.2. The Hall–Kier alpha value is -2.82. The number of carbonyl (C=O) groups is 1. The monoisotopic (exact) mass is 321 g/mol. The Morgan fingerprint density at radius 3 is 2.75 bits per heavy atom. The van der Waals surface area contributed by atoms with Gasteiger partial charge in [0.05, 0.1) is 11.4 Å². The van der Waals surface area contributed by atoms with Gasteiger partial charge < -0.3 is 14.0 Å². The van der Waals surface area contributed by atoms with Crippen LogP contribution in [0.5, 0.6) is 5.75 Å². The molecule has 1 aliphatic rings. The third kappa shape index (κ3) is 2.08. The van der Waals surface area contributed by atoms with Crippen LogP contribution in [0.1, 0.15) is 18.2 Å². The molecule has 1 atom stereocenters. The molecule has 1 unspecified atom stereocenters. The van der Waals surface area contributed by atoms with Crippen LogP contribution in [-0.2, 0) is 4.79 Å². The Balaban J connectivity index is 1.87. The first-order valence-electron chi connectivity index (χ1n) is 7.99. The summed E-state index contributed by atoms with van der Waals surface area (Å²) >= 11 is 0. The summed E-state index contributed by atoms with van der Waals surface area (Å²) < 4.78 is 7.77. The molecule has 4 rings (SSSR count). The van der Waals surface area contributed by atoms with E-state index in [2.05, 4.69) is 30.4 Å². The van der Waals surface area contributed by atoms with Crippen LogP contribution in [0.3, 0.4) is 0 Å². The van der Waals surface area contributed by atoms with Crippen LogP contribution in [0, 0.1) is 13.8 Å². The zero-order valence-electron chi connectivity index (χ0n) is 14.2. The van der Waals surface area contributed by atoms with Crippen molar-refractivity contribution in [1.82, 2.24) is 9.38 Å². The lowest BCUT2D eigenvalue weighted by atomic mass is 10.1. The fraction of sp³-hybridized carbons (Fsp3) is 0.263. The fourth-order valence-corrected chi connectivity index (χ4v) is 3.20. The quantitative estimate of drug-likeness (QED) is 0.690. The van der Waals surface area contributed by atoms with E-state index in [-0.39, 0.29) is 5.91 Å². The number of carbonyl (C=O) groups excluding carboxylic acids is 1. The number of ether oxygens (including phenoxy) is 1. The number of aromatic nitrogens is 2. The van der Waals surface area contributed by atoms with Crippen LogP contribution >= 0.6 is 0 Å². The average Bonchev–Trinajstić information content (AvgIpc) is 2.89. The minimum Gasteiger partial charge on any atom is -0.479 e. The van der Waals surface area contributed by atoms with Gasteiger partial charge in [0.15, 0.2) is 6.10 Å². The van der Waals surface area contributed by atoms with Crippen molar-refractivity contribution in [3.8, 4) is 17.0 Å². The van der Waals surface area contributed by atoms with Crippen LogP contribution in [0.4, 0.5) is 5.69 Å². The Kier molecular flexibility index (Phi) is 3.13. The van der Waals surface area contributed by atoms with Crippen LogP contribution in [0.2, 0.25) is 0 Å². The predicted octanol–water partition coefficient (Wildman–Crippen LogP) is 3.36. The van der Waals surface area contributed by atoms with Gasteiger partial charge in [0, 0.05) is 24.5 Å². The summed E-state index contributed by atoms with van der Waals surface area (Å²) in [6, 6.07) is 10.0. The van der Waals surface area contributed by atoms with E-state index in [1.165, 1.54) is 5.56 Å². The van der Waals surface area contributed by atoms with Crippen molar-refractivity contribution in [1.29, 1.82) is 0 Å². The van der Waals surface area contributed by atoms with E-state index in [1.807, 2.05) is 24.4 Å². The summed E-state index contributed by atoms with van der Waals surface area (Å²) in [5.41, 5.74) is 5.85. The number of aryl methyl sites for hydroxylation is 2. The minimum absolute atomic E-state index is 0.0398. The van der Waals surface area contributed by atoms with Gasteiger partial charge in [-0.15, -0.1) is 0 Å². The number of benzene rings is 1. The number of fused-ring (bicyclic) bond motifs is 2. The van der Waals surface area contributed by atoms with Gasteiger partial charge in [-0.2, -0.15) is 0 Å². The normalized spacial score (nSPS) is 17.1. The van der Waals surface area contributed by atoms with E-state index in [0.717, 1.165) is 34.0 Å². The third-order valence-electron chi connectivity index (χ3n) is 4.60. The molecule has 2 aromatic heterocycles. The first kappa shape index (κ1) is 14.8. The van der Waals surface area contributed by atoms with Gasteiger partial charge >= 0.3 is 0 Å². The van der Waals surface area contributed by atoms with Gasteiger partial charge in [0.1, 0.15) is 11.4 Å². The molecule has 0 bridgehead atoms. The smallest absolute Gasteiger partial charge is 0.267 e. The number of rotatable bonds is 1. The van der Waals surface area contributed by atoms with Crippen molar-refractivity contribution >= 4 is 17.2 Å². The molecule has 0 radical (unpaired) electrons. The summed E-state index contributed by atoms with van der Waals surface area (Å²) in [6.07, 6.45) is 1.59. The van der Waals surface area contributed by atoms with E-state index in [9.17, 15) is 4.79 Å². The molecule has 3 heterocycles. The summed E-state index contributed by atoms with van der Waals surface area (Å²) in [5, 5.41) is 0. The van der Waals surface area contributed by atoms with Crippen LogP contribution < -0.4 is 9.64 Å². The second kappa shape index (κ2) is 5.09. The number of imidazole rings is 1. The van der Waals surface area contributed by atoms with Gasteiger partial charge in [0.2, 0.25) is 0 Å². The number of hydrogen-bond donors (Lipinski definition) is 0. The summed E-state index contributed by atoms with van der Waals surface area (Å²) in [6.45, 7) is 5.88. The predicted molar refractivity (Wildman–Crippen MR) is 93.6 cm³/mol. The fourth-order valence-electron chi connectivity index (χ4n) is 3.20. The molecule has 24 heavy (non-hydrogen) atoms. The highest BCUT2D eigenvalue weighted by Crippen LogP contribution is 2.37. The molecule has 122 valence electrons. The largest absolute Gasteiger partial charge is 0.479 e. The van der Waals surface area contributed by atoms with Gasteiger partial charge in [0.25, 0.3) is 5.91 Å². The summed E-state index contributed by atoms with van der Waals surface area (Å²) in [5.74, 6) is 0.688. The van der Waals surface area contributed by atoms with Crippen molar-refractivity contribution in [2.24, 2.45) is 0 Å². The zero-order valence-corrected chi connectivity index (χ0v) is 14.2. The van der Waals surface area contributed by atoms with Crippen molar-refractivity contribution < 1.29 is 9.53 Å². The molecule has 0 aliphatic carbocycles. The maximum Gasteiger partial charge on any atom is 0.267 e. The molecule has 3 aromatic rings. The molecule has 0 spiro atoms. The lowest BCUT2D eigenvalue weighted by Crippen LogP contribution is -2.41. The molecule has 0 N–H and O–H groups in total. The average molecular weight is 321 g/mol. The Morgan fingerprint density at radius 1 is 1.17 bits per heavy atom. The summed E-state index contributed by atoms with van der Waals surface area (Å²) in [4.78, 5) is 18.6. The number of hydrogen-bond acceptors (Lipinski definition) is 3. The Labute approximate surface area is 140 Å². The first-order valence-corrected chi connectivity index (χ1v) is 7.99. The van der Waals surface area contributed by atoms with Crippen molar-refractivity contribution in [2.45, 2.75) is 26.9 Å². The highest BCUT2D eigenvalue weighted by Gasteiger charge is 2.29.